The fourth-order valence-electron chi connectivity index (χ4n) is 2.13. The predicted molar refractivity (Wildman–Crippen MR) is 90.4 cm³/mol. The van der Waals surface area contributed by atoms with E-state index in [1.165, 1.54) is 0 Å². The average Bonchev–Trinajstić information content (AvgIpc) is 3.05. The third-order valence-electron chi connectivity index (χ3n) is 3.24. The Morgan fingerprint density at radius 2 is 2.40 bits per heavy atom. The van der Waals surface area contributed by atoms with Crippen molar-refractivity contribution in [1.29, 1.82) is 0 Å². The lowest BCUT2D eigenvalue weighted by atomic mass is 10.0. The van der Waals surface area contributed by atoms with Crippen LogP contribution >= 0.6 is 24.0 Å². The molecule has 1 aromatic rings. The normalized spacial score (nSPS) is 22.4. The molecule has 0 spiro atoms. The lowest BCUT2D eigenvalue weighted by molar-refractivity contribution is 0.0243. The number of H-pyrrole nitrogens is 1. The maximum atomic E-state index is 5.76. The highest BCUT2D eigenvalue weighted by atomic mass is 127. The second kappa shape index (κ2) is 8.46. The number of hydrogen-bond acceptors (Lipinski definition) is 3. The monoisotopic (exact) mass is 393 g/mol. The van der Waals surface area contributed by atoms with Crippen molar-refractivity contribution < 1.29 is 4.74 Å². The summed E-state index contributed by atoms with van der Waals surface area (Å²) in [5.41, 5.74) is 0.935. The number of aromatic nitrogens is 2. The third kappa shape index (κ3) is 5.28. The van der Waals surface area contributed by atoms with E-state index in [0.29, 0.717) is 6.54 Å². The molecule has 1 aromatic heterocycles. The van der Waals surface area contributed by atoms with Gasteiger partial charge in [0.2, 0.25) is 0 Å². The quantitative estimate of drug-likeness (QED) is 0.404. The summed E-state index contributed by atoms with van der Waals surface area (Å²) >= 11 is 0. The predicted octanol–water partition coefficient (Wildman–Crippen LogP) is 1.65. The van der Waals surface area contributed by atoms with Crippen LogP contribution in [-0.4, -0.2) is 41.5 Å². The molecule has 0 aromatic carbocycles. The van der Waals surface area contributed by atoms with Gasteiger partial charge in [-0.25, -0.2) is 4.99 Å². The van der Waals surface area contributed by atoms with Gasteiger partial charge in [-0.2, -0.15) is 5.10 Å². The molecule has 0 bridgehead atoms. The Labute approximate surface area is 137 Å². The van der Waals surface area contributed by atoms with Crippen LogP contribution in [0.15, 0.2) is 17.3 Å². The van der Waals surface area contributed by atoms with E-state index >= 15 is 0 Å². The molecule has 1 atom stereocenters. The van der Waals surface area contributed by atoms with Crippen LogP contribution in [-0.2, 0) is 11.3 Å². The molecular formula is C13H24IN5O. The summed E-state index contributed by atoms with van der Waals surface area (Å²) in [4.78, 5) is 4.52. The van der Waals surface area contributed by atoms with Crippen LogP contribution in [0, 0.1) is 0 Å². The van der Waals surface area contributed by atoms with Gasteiger partial charge in [0.05, 0.1) is 17.8 Å². The van der Waals surface area contributed by atoms with Gasteiger partial charge in [-0.05, 0) is 32.8 Å². The first-order valence-electron chi connectivity index (χ1n) is 6.86. The van der Waals surface area contributed by atoms with Gasteiger partial charge in [-0.3, -0.25) is 5.10 Å². The Bertz CT molecular complexity index is 401. The van der Waals surface area contributed by atoms with E-state index in [-0.39, 0.29) is 29.6 Å². The Kier molecular flexibility index (Phi) is 7.28. The first kappa shape index (κ1) is 17.2. The Morgan fingerprint density at radius 3 is 3.00 bits per heavy atom. The zero-order valence-corrected chi connectivity index (χ0v) is 14.4. The van der Waals surface area contributed by atoms with Crippen LogP contribution in [0.3, 0.4) is 0 Å². The van der Waals surface area contributed by atoms with E-state index in [4.69, 9.17) is 4.74 Å². The van der Waals surface area contributed by atoms with E-state index < -0.39 is 0 Å². The van der Waals surface area contributed by atoms with Crippen LogP contribution < -0.4 is 10.6 Å². The van der Waals surface area contributed by atoms with Crippen LogP contribution in [0.1, 0.15) is 32.4 Å². The summed E-state index contributed by atoms with van der Waals surface area (Å²) in [5, 5.41) is 13.4. The number of ether oxygens (including phenoxy) is 1. The summed E-state index contributed by atoms with van der Waals surface area (Å²) in [7, 11) is 0. The fourth-order valence-corrected chi connectivity index (χ4v) is 2.13. The molecule has 0 amide bonds. The van der Waals surface area contributed by atoms with Gasteiger partial charge in [-0.1, -0.05) is 0 Å². The van der Waals surface area contributed by atoms with Crippen LogP contribution in [0.25, 0.3) is 0 Å². The van der Waals surface area contributed by atoms with Gasteiger partial charge in [0.15, 0.2) is 5.96 Å². The maximum Gasteiger partial charge on any atom is 0.191 e. The van der Waals surface area contributed by atoms with Gasteiger partial charge in [0.25, 0.3) is 0 Å². The van der Waals surface area contributed by atoms with Crippen molar-refractivity contribution in [3.63, 3.8) is 0 Å². The molecule has 1 aliphatic heterocycles. The molecule has 20 heavy (non-hydrogen) atoms. The minimum atomic E-state index is -0.0653. The molecule has 0 radical (unpaired) electrons. The summed E-state index contributed by atoms with van der Waals surface area (Å²) < 4.78 is 5.76. The zero-order valence-electron chi connectivity index (χ0n) is 12.1. The van der Waals surface area contributed by atoms with Crippen molar-refractivity contribution in [3.05, 3.63) is 18.0 Å². The fraction of sp³-hybridized carbons (Fsp3) is 0.692. The molecule has 7 heteroatoms. The molecule has 1 aliphatic rings. The lowest BCUT2D eigenvalue weighted by Gasteiger charge is -2.24. The molecule has 6 nitrogen and oxygen atoms in total. The lowest BCUT2D eigenvalue weighted by Crippen LogP contribution is -2.45. The van der Waals surface area contributed by atoms with E-state index in [1.54, 1.807) is 6.20 Å². The summed E-state index contributed by atoms with van der Waals surface area (Å²) in [5.74, 6) is 0.814. The molecule has 1 saturated heterocycles. The third-order valence-corrected chi connectivity index (χ3v) is 3.24. The van der Waals surface area contributed by atoms with Crippen LogP contribution in [0.2, 0.25) is 0 Å². The molecule has 2 heterocycles. The molecule has 1 unspecified atom stereocenters. The highest BCUT2D eigenvalue weighted by Gasteiger charge is 2.29. The summed E-state index contributed by atoms with van der Waals surface area (Å²) in [6.07, 6.45) is 3.97. The second-order valence-electron chi connectivity index (χ2n) is 5.03. The number of halogens is 1. The smallest absolute Gasteiger partial charge is 0.191 e. The van der Waals surface area contributed by atoms with E-state index in [9.17, 15) is 0 Å². The van der Waals surface area contributed by atoms with Crippen molar-refractivity contribution in [2.45, 2.75) is 38.8 Å². The van der Waals surface area contributed by atoms with Crippen LogP contribution in [0.4, 0.5) is 0 Å². The number of hydrogen-bond donors (Lipinski definition) is 3. The Hall–Kier alpha value is -0.830. The largest absolute Gasteiger partial charge is 0.373 e. The van der Waals surface area contributed by atoms with Gasteiger partial charge >= 0.3 is 0 Å². The van der Waals surface area contributed by atoms with Crippen molar-refractivity contribution in [3.8, 4) is 0 Å². The number of aromatic amines is 1. The first-order chi connectivity index (χ1) is 9.22. The molecule has 0 aliphatic carbocycles. The van der Waals surface area contributed by atoms with Crippen LogP contribution in [0.5, 0.6) is 0 Å². The average molecular weight is 393 g/mol. The van der Waals surface area contributed by atoms with Gasteiger partial charge in [0, 0.05) is 25.9 Å². The Balaban J connectivity index is 0.00000200. The minimum Gasteiger partial charge on any atom is -0.373 e. The molecule has 114 valence electrons. The number of nitrogens with one attached hydrogen (secondary N) is 3. The molecule has 0 saturated carbocycles. The van der Waals surface area contributed by atoms with Crippen molar-refractivity contribution in [1.82, 2.24) is 20.8 Å². The number of rotatable bonds is 5. The second-order valence-corrected chi connectivity index (χ2v) is 5.03. The highest BCUT2D eigenvalue weighted by molar-refractivity contribution is 14.0. The molecule has 2 rings (SSSR count). The zero-order chi connectivity index (χ0) is 13.6. The van der Waals surface area contributed by atoms with E-state index in [2.05, 4.69) is 39.7 Å². The molecule has 3 N–H and O–H groups in total. The number of nitrogens with zero attached hydrogens (tertiary/aromatic N) is 2. The van der Waals surface area contributed by atoms with Crippen molar-refractivity contribution in [2.24, 2.45) is 4.99 Å². The SMILES string of the molecule is CCNC(=NCc1ccn[nH]1)NCC1(C)CCCO1.I. The summed E-state index contributed by atoms with van der Waals surface area (Å²) in [6, 6.07) is 1.93. The van der Waals surface area contributed by atoms with Gasteiger partial charge in [0.1, 0.15) is 0 Å². The number of aliphatic imine (C=N–C) groups is 1. The highest BCUT2D eigenvalue weighted by Crippen LogP contribution is 2.23. The standard InChI is InChI=1S/C13H23N5O.HI/c1-3-14-12(15-9-11-5-7-17-18-11)16-10-13(2)6-4-8-19-13;/h5,7H,3-4,6,8-10H2,1-2H3,(H,17,18)(H2,14,15,16);1H. The van der Waals surface area contributed by atoms with E-state index in [0.717, 1.165) is 44.2 Å². The van der Waals surface area contributed by atoms with Gasteiger partial charge < -0.3 is 15.4 Å². The van der Waals surface area contributed by atoms with Crippen molar-refractivity contribution >= 4 is 29.9 Å². The first-order valence-corrected chi connectivity index (χ1v) is 6.86. The van der Waals surface area contributed by atoms with Gasteiger partial charge in [-0.15, -0.1) is 24.0 Å². The van der Waals surface area contributed by atoms with E-state index in [1.807, 2.05) is 6.07 Å². The number of guanidine groups is 1. The summed E-state index contributed by atoms with van der Waals surface area (Å²) in [6.45, 7) is 7.27. The molecule has 1 fully saturated rings. The maximum absolute atomic E-state index is 5.76. The molecular weight excluding hydrogens is 369 g/mol. The topological polar surface area (TPSA) is 74.3 Å². The minimum absolute atomic E-state index is 0. The van der Waals surface area contributed by atoms with Crippen molar-refractivity contribution in [2.75, 3.05) is 19.7 Å². The Morgan fingerprint density at radius 1 is 1.55 bits per heavy atom.